The van der Waals surface area contributed by atoms with E-state index in [1.807, 2.05) is 13.8 Å². The normalized spacial score (nSPS) is 12.2. The number of fused-ring (bicyclic) bond motifs is 1. The number of nitrogens with one attached hydrogen (secondary N) is 2. The van der Waals surface area contributed by atoms with E-state index in [2.05, 4.69) is 10.0 Å². The lowest BCUT2D eigenvalue weighted by atomic mass is 9.95. The second-order valence-corrected chi connectivity index (χ2v) is 9.68. The minimum Gasteiger partial charge on any atom is -0.350 e. The van der Waals surface area contributed by atoms with E-state index in [0.29, 0.717) is 27.5 Å². The van der Waals surface area contributed by atoms with E-state index in [9.17, 15) is 26.4 Å². The topological polar surface area (TPSA) is 75.3 Å². The van der Waals surface area contributed by atoms with Gasteiger partial charge in [-0.3, -0.25) is 9.52 Å². The summed E-state index contributed by atoms with van der Waals surface area (Å²) < 4.78 is 65.6. The Kier molecular flexibility index (Phi) is 6.50. The van der Waals surface area contributed by atoms with Gasteiger partial charge >= 0.3 is 6.18 Å². The van der Waals surface area contributed by atoms with Crippen LogP contribution in [0.3, 0.4) is 0 Å². The van der Waals surface area contributed by atoms with Gasteiger partial charge in [0.25, 0.3) is 5.91 Å². The second-order valence-electron chi connectivity index (χ2n) is 7.67. The largest absolute Gasteiger partial charge is 0.416 e. The lowest BCUT2D eigenvalue weighted by molar-refractivity contribution is -0.137. The molecule has 3 rings (SSSR count). The maximum Gasteiger partial charge on any atom is 0.416 e. The van der Waals surface area contributed by atoms with Gasteiger partial charge in [-0.2, -0.15) is 13.2 Å². The number of rotatable bonds is 6. The quantitative estimate of drug-likeness (QED) is 0.511. The van der Waals surface area contributed by atoms with E-state index >= 15 is 0 Å². The summed E-state index contributed by atoms with van der Waals surface area (Å²) in [5.74, 6) is -0.421. The summed E-state index contributed by atoms with van der Waals surface area (Å²) in [7, 11) is -3.59. The first kappa shape index (κ1) is 23.6. The van der Waals surface area contributed by atoms with Crippen molar-refractivity contribution in [3.63, 3.8) is 0 Å². The molecule has 5 nitrogen and oxygen atoms in total. The first-order valence-electron chi connectivity index (χ1n) is 9.96. The Balaban J connectivity index is 2.17. The maximum atomic E-state index is 13.0. The van der Waals surface area contributed by atoms with Crippen molar-refractivity contribution in [3.8, 4) is 11.1 Å². The van der Waals surface area contributed by atoms with Gasteiger partial charge in [0.2, 0.25) is 10.0 Å². The summed E-state index contributed by atoms with van der Waals surface area (Å²) in [5, 5.41) is 4.04. The summed E-state index contributed by atoms with van der Waals surface area (Å²) in [6.45, 7) is 5.16. The molecule has 0 aliphatic heterocycles. The van der Waals surface area contributed by atoms with E-state index in [0.717, 1.165) is 12.1 Å². The highest BCUT2D eigenvalue weighted by molar-refractivity contribution is 7.92. The Labute approximate surface area is 184 Å². The van der Waals surface area contributed by atoms with Crippen LogP contribution in [0.2, 0.25) is 0 Å². The third kappa shape index (κ3) is 5.40. The molecule has 0 unspecified atom stereocenters. The molecule has 0 bridgehead atoms. The van der Waals surface area contributed by atoms with Gasteiger partial charge in [-0.1, -0.05) is 18.2 Å². The first-order chi connectivity index (χ1) is 14.9. The van der Waals surface area contributed by atoms with E-state index in [-0.39, 0.29) is 23.4 Å². The minimum absolute atomic E-state index is 0.0661. The molecule has 0 saturated heterocycles. The monoisotopic (exact) mass is 464 g/mol. The molecule has 3 aromatic carbocycles. The van der Waals surface area contributed by atoms with Crippen molar-refractivity contribution < 1.29 is 26.4 Å². The fourth-order valence-electron chi connectivity index (χ4n) is 3.24. The molecule has 2 N–H and O–H groups in total. The third-order valence-electron chi connectivity index (χ3n) is 4.81. The number of hydrogen-bond acceptors (Lipinski definition) is 3. The van der Waals surface area contributed by atoms with Crippen LogP contribution in [0.4, 0.5) is 18.9 Å². The van der Waals surface area contributed by atoms with Crippen molar-refractivity contribution in [2.75, 3.05) is 10.5 Å². The molecule has 0 aromatic heterocycles. The van der Waals surface area contributed by atoms with Gasteiger partial charge in [0.15, 0.2) is 0 Å². The summed E-state index contributed by atoms with van der Waals surface area (Å²) in [6.07, 6.45) is -4.46. The zero-order valence-corrected chi connectivity index (χ0v) is 18.6. The van der Waals surface area contributed by atoms with Crippen LogP contribution < -0.4 is 10.0 Å². The van der Waals surface area contributed by atoms with Crippen LogP contribution in [0.15, 0.2) is 54.6 Å². The van der Waals surface area contributed by atoms with Crippen LogP contribution >= 0.6 is 0 Å². The highest BCUT2D eigenvalue weighted by Gasteiger charge is 2.30. The van der Waals surface area contributed by atoms with E-state index in [1.54, 1.807) is 30.3 Å². The number of carbonyl (C=O) groups excluding carboxylic acids is 1. The summed E-state index contributed by atoms with van der Waals surface area (Å²) in [5.41, 5.74) is 0.901. The fraction of sp³-hybridized carbons (Fsp3) is 0.261. The van der Waals surface area contributed by atoms with Gasteiger partial charge in [-0.05, 0) is 79.1 Å². The van der Waals surface area contributed by atoms with Crippen LogP contribution in [-0.4, -0.2) is 26.1 Å². The SMILES string of the molecule is CCS(=O)(=O)Nc1cc(-c2ccc(C(F)(F)F)cc2)c2ccc(C(=O)NC(C)C)cc2c1. The summed E-state index contributed by atoms with van der Waals surface area (Å²) in [6, 6.07) is 12.7. The number of halogens is 3. The molecule has 9 heteroatoms. The number of alkyl halides is 3. The van der Waals surface area contributed by atoms with Gasteiger partial charge in [0, 0.05) is 17.3 Å². The molecule has 0 spiro atoms. The molecular weight excluding hydrogens is 441 g/mol. The Hall–Kier alpha value is -3.07. The van der Waals surface area contributed by atoms with Crippen molar-refractivity contribution in [3.05, 3.63) is 65.7 Å². The molecule has 0 aliphatic rings. The van der Waals surface area contributed by atoms with Gasteiger partial charge in [0.1, 0.15) is 0 Å². The summed E-state index contributed by atoms with van der Waals surface area (Å²) >= 11 is 0. The zero-order chi connectivity index (χ0) is 23.7. The Morgan fingerprint density at radius 1 is 1.00 bits per heavy atom. The van der Waals surface area contributed by atoms with Gasteiger partial charge in [-0.25, -0.2) is 8.42 Å². The third-order valence-corrected chi connectivity index (χ3v) is 6.12. The first-order valence-corrected chi connectivity index (χ1v) is 11.6. The zero-order valence-electron chi connectivity index (χ0n) is 17.7. The Bertz CT molecular complexity index is 1250. The van der Waals surface area contributed by atoms with Crippen molar-refractivity contribution >= 4 is 32.4 Å². The van der Waals surface area contributed by atoms with Crippen LogP contribution in [0.5, 0.6) is 0 Å². The number of anilines is 1. The van der Waals surface area contributed by atoms with Crippen LogP contribution in [0.1, 0.15) is 36.7 Å². The highest BCUT2D eigenvalue weighted by Crippen LogP contribution is 2.35. The number of benzene rings is 3. The smallest absolute Gasteiger partial charge is 0.350 e. The molecule has 0 saturated carbocycles. The minimum atomic E-state index is -4.46. The van der Waals surface area contributed by atoms with Crippen molar-refractivity contribution in [1.82, 2.24) is 5.32 Å². The molecule has 1 amide bonds. The highest BCUT2D eigenvalue weighted by atomic mass is 32.2. The number of sulfonamides is 1. The van der Waals surface area contributed by atoms with Gasteiger partial charge in [-0.15, -0.1) is 0 Å². The van der Waals surface area contributed by atoms with Crippen molar-refractivity contribution in [2.24, 2.45) is 0 Å². The Morgan fingerprint density at radius 2 is 1.66 bits per heavy atom. The van der Waals surface area contributed by atoms with Crippen LogP contribution in [0.25, 0.3) is 21.9 Å². The molecule has 32 heavy (non-hydrogen) atoms. The van der Waals surface area contributed by atoms with E-state index < -0.39 is 21.8 Å². The molecule has 170 valence electrons. The predicted molar refractivity (Wildman–Crippen MR) is 120 cm³/mol. The van der Waals surface area contributed by atoms with Crippen molar-refractivity contribution in [1.29, 1.82) is 0 Å². The van der Waals surface area contributed by atoms with Crippen LogP contribution in [0, 0.1) is 0 Å². The molecule has 3 aromatic rings. The second kappa shape index (κ2) is 8.82. The summed E-state index contributed by atoms with van der Waals surface area (Å²) in [4.78, 5) is 12.4. The number of carbonyl (C=O) groups is 1. The molecule has 0 heterocycles. The van der Waals surface area contributed by atoms with E-state index in [1.165, 1.54) is 19.1 Å². The fourth-order valence-corrected chi connectivity index (χ4v) is 3.87. The average molecular weight is 465 g/mol. The lowest BCUT2D eigenvalue weighted by Gasteiger charge is -2.15. The maximum absolute atomic E-state index is 13.0. The van der Waals surface area contributed by atoms with Gasteiger partial charge < -0.3 is 5.32 Å². The predicted octanol–water partition coefficient (Wildman–Crippen LogP) is 5.43. The van der Waals surface area contributed by atoms with Crippen molar-refractivity contribution in [2.45, 2.75) is 33.0 Å². The Morgan fingerprint density at radius 3 is 2.22 bits per heavy atom. The molecule has 0 atom stereocenters. The van der Waals surface area contributed by atoms with Crippen LogP contribution in [-0.2, 0) is 16.2 Å². The standard InChI is InChI=1S/C23H23F3N2O3S/c1-4-32(30,31)28-19-12-17-11-16(22(29)27-14(2)3)7-10-20(17)21(13-19)15-5-8-18(9-6-15)23(24,25)26/h5-14,28H,4H2,1-3H3,(H,27,29). The molecule has 0 aliphatic carbocycles. The molecule has 0 radical (unpaired) electrons. The average Bonchev–Trinajstić information content (AvgIpc) is 2.71. The van der Waals surface area contributed by atoms with Gasteiger partial charge in [0.05, 0.1) is 11.3 Å². The lowest BCUT2D eigenvalue weighted by Crippen LogP contribution is -2.29. The van der Waals surface area contributed by atoms with E-state index in [4.69, 9.17) is 0 Å². The molecular formula is C23H23F3N2O3S. The number of hydrogen-bond donors (Lipinski definition) is 2. The molecule has 0 fully saturated rings. The number of amides is 1.